The highest BCUT2D eigenvalue weighted by atomic mass is 32.3. The number of hydrogen-bond donors (Lipinski definition) is 1. The van der Waals surface area contributed by atoms with Crippen LogP contribution in [0.5, 0.6) is 0 Å². The minimum absolute atomic E-state index is 0.778. The molecule has 0 aromatic heterocycles. The van der Waals surface area contributed by atoms with E-state index in [2.05, 4.69) is 13.8 Å². The molecule has 1 heterocycles. The number of hydrogen-bond acceptors (Lipinski definition) is 4. The molecule has 1 aliphatic heterocycles. The second kappa shape index (κ2) is 14.7. The van der Waals surface area contributed by atoms with Crippen LogP contribution in [0.1, 0.15) is 84.5 Å². The van der Waals surface area contributed by atoms with Crippen molar-refractivity contribution < 1.29 is 48.1 Å². The normalized spacial score (nSPS) is 19.9. The van der Waals surface area contributed by atoms with Crippen LogP contribution in [0.4, 0.5) is 26.3 Å². The van der Waals surface area contributed by atoms with Gasteiger partial charge in [-0.3, -0.25) is 0 Å². The van der Waals surface area contributed by atoms with Gasteiger partial charge in [0.15, 0.2) is 20.0 Å². The lowest BCUT2D eigenvalue weighted by Crippen LogP contribution is -3.10. The Morgan fingerprint density at radius 1 is 0.758 bits per heavy atom. The summed E-state index contributed by atoms with van der Waals surface area (Å²) in [5.41, 5.74) is -12.4. The number of unbranched alkanes of at least 4 members (excludes halogenated alkanes) is 9. The van der Waals surface area contributed by atoms with Crippen LogP contribution in [-0.4, -0.2) is 47.5 Å². The van der Waals surface area contributed by atoms with Gasteiger partial charge in [-0.2, -0.15) is 26.3 Å². The highest BCUT2D eigenvalue weighted by Gasteiger charge is 2.46. The molecule has 1 N–H and O–H groups in total. The highest BCUT2D eigenvalue weighted by Crippen LogP contribution is 2.36. The van der Waals surface area contributed by atoms with Crippen molar-refractivity contribution in [1.29, 1.82) is 0 Å². The Balaban J connectivity index is 0.000000633. The Kier molecular flexibility index (Phi) is 14.5. The van der Waals surface area contributed by atoms with Gasteiger partial charge in [0.2, 0.25) is 0 Å². The highest BCUT2D eigenvalue weighted by molar-refractivity contribution is 8.13. The number of halogens is 6. The Hall–Kier alpha value is -0.600. The number of quaternary nitrogens is 1. The first-order chi connectivity index (χ1) is 15.0. The zero-order chi connectivity index (χ0) is 25.8. The van der Waals surface area contributed by atoms with E-state index in [-0.39, 0.29) is 0 Å². The van der Waals surface area contributed by atoms with E-state index in [4.69, 9.17) is 0 Å². The summed E-state index contributed by atoms with van der Waals surface area (Å²) in [4.78, 5) is 1.88. The summed E-state index contributed by atoms with van der Waals surface area (Å²) >= 11 is 0. The number of rotatable bonds is 13. The van der Waals surface area contributed by atoms with E-state index < -0.39 is 31.1 Å². The third-order valence-electron chi connectivity index (χ3n) is 5.29. The minimum Gasteiger partial charge on any atom is -0.421 e. The van der Waals surface area contributed by atoms with Gasteiger partial charge in [-0.25, -0.2) is 16.8 Å². The van der Waals surface area contributed by atoms with Crippen LogP contribution in [0.25, 0.3) is 4.13 Å². The Morgan fingerprint density at radius 3 is 1.48 bits per heavy atom. The van der Waals surface area contributed by atoms with Gasteiger partial charge >= 0.3 is 11.0 Å². The van der Waals surface area contributed by atoms with E-state index in [1.54, 1.807) is 0 Å². The molecule has 0 amide bonds. The summed E-state index contributed by atoms with van der Waals surface area (Å²) < 4.78 is 109. The zero-order valence-electron chi connectivity index (χ0n) is 19.1. The minimum atomic E-state index is -6.72. The first-order valence-corrected chi connectivity index (χ1v) is 14.1. The van der Waals surface area contributed by atoms with Crippen molar-refractivity contribution >= 4 is 20.0 Å². The molecule has 14 heteroatoms. The van der Waals surface area contributed by atoms with Gasteiger partial charge in [-0.05, 0) is 12.8 Å². The number of nitrogens with one attached hydrogen (secondary N) is 1. The van der Waals surface area contributed by atoms with Crippen LogP contribution in [-0.2, 0) is 20.0 Å². The Bertz CT molecular complexity index is 698. The molecule has 0 spiro atoms. The lowest BCUT2D eigenvalue weighted by atomic mass is 10.1. The van der Waals surface area contributed by atoms with Crippen molar-refractivity contribution in [2.45, 2.75) is 95.5 Å². The van der Waals surface area contributed by atoms with Crippen molar-refractivity contribution in [3.8, 4) is 0 Å². The molecule has 1 rings (SSSR count). The summed E-state index contributed by atoms with van der Waals surface area (Å²) in [6.07, 6.45) is 16.1. The van der Waals surface area contributed by atoms with Crippen molar-refractivity contribution in [3.05, 3.63) is 4.13 Å². The van der Waals surface area contributed by atoms with E-state index in [0.717, 1.165) is 10.0 Å². The van der Waals surface area contributed by atoms with Crippen molar-refractivity contribution in [1.82, 2.24) is 0 Å². The summed E-state index contributed by atoms with van der Waals surface area (Å²) in [6, 6.07) is 0. The van der Waals surface area contributed by atoms with Crippen LogP contribution in [0.15, 0.2) is 0 Å². The van der Waals surface area contributed by atoms with E-state index in [1.807, 2.05) is 4.90 Å². The maximum atomic E-state index is 11.4. The molecule has 2 atom stereocenters. The lowest BCUT2D eigenvalue weighted by Gasteiger charge is -2.22. The molecule has 0 bridgehead atoms. The molecule has 0 aliphatic carbocycles. The summed E-state index contributed by atoms with van der Waals surface area (Å²) in [5.74, 6) is 0.989. The quantitative estimate of drug-likeness (QED) is 0.269. The largest absolute Gasteiger partial charge is 0.480 e. The van der Waals surface area contributed by atoms with Crippen LogP contribution in [0, 0.1) is 5.92 Å². The molecule has 33 heavy (non-hydrogen) atoms. The fourth-order valence-electron chi connectivity index (χ4n) is 3.45. The van der Waals surface area contributed by atoms with E-state index >= 15 is 0 Å². The second-order valence-corrected chi connectivity index (χ2v) is 11.9. The van der Waals surface area contributed by atoms with Gasteiger partial charge in [0.1, 0.15) is 0 Å². The van der Waals surface area contributed by atoms with E-state index in [0.29, 0.717) is 0 Å². The Morgan fingerprint density at radius 2 is 1.15 bits per heavy atom. The molecule has 1 saturated heterocycles. The maximum Gasteiger partial charge on any atom is 0.480 e. The lowest BCUT2D eigenvalue weighted by molar-refractivity contribution is -0.889. The third kappa shape index (κ3) is 13.8. The van der Waals surface area contributed by atoms with Gasteiger partial charge in [-0.15, -0.1) is 0 Å². The molecule has 2 unspecified atom stereocenters. The first-order valence-electron chi connectivity index (χ1n) is 11.2. The number of nitrogens with zero attached hydrogens (tertiary/aromatic N) is 1. The zero-order valence-corrected chi connectivity index (χ0v) is 20.8. The van der Waals surface area contributed by atoms with Crippen molar-refractivity contribution in [3.63, 3.8) is 0 Å². The summed E-state index contributed by atoms with van der Waals surface area (Å²) in [5, 5.41) is 0. The fourth-order valence-corrected chi connectivity index (χ4v) is 5.16. The molecule has 0 aromatic rings. The number of sulfonamides is 2. The number of likely N-dealkylation sites (tertiary alicyclic amines) is 1. The molecule has 0 radical (unpaired) electrons. The summed E-state index contributed by atoms with van der Waals surface area (Å²) in [6.45, 7) is 9.03. The van der Waals surface area contributed by atoms with Crippen LogP contribution in [0.3, 0.4) is 0 Å². The van der Waals surface area contributed by atoms with Crippen LogP contribution < -0.4 is 4.90 Å². The molecule has 0 aromatic carbocycles. The molecular formula is C19H36F6N2O4S2. The van der Waals surface area contributed by atoms with Gasteiger partial charge < -0.3 is 9.03 Å². The topological polar surface area (TPSA) is 86.8 Å². The van der Waals surface area contributed by atoms with Gasteiger partial charge in [0, 0.05) is 12.3 Å². The third-order valence-corrected chi connectivity index (χ3v) is 8.03. The van der Waals surface area contributed by atoms with Crippen molar-refractivity contribution in [2.24, 2.45) is 5.92 Å². The first kappa shape index (κ1) is 32.4. The van der Waals surface area contributed by atoms with Crippen molar-refractivity contribution in [2.75, 3.05) is 19.6 Å². The maximum absolute atomic E-state index is 11.4. The molecule has 6 nitrogen and oxygen atoms in total. The smallest absolute Gasteiger partial charge is 0.421 e. The fraction of sp³-hybridized carbons (Fsp3) is 1.00. The molecule has 0 saturated carbocycles. The molecule has 1 aliphatic rings. The van der Waals surface area contributed by atoms with Gasteiger partial charge in [-0.1, -0.05) is 65.2 Å². The Labute approximate surface area is 193 Å². The monoisotopic (exact) mass is 534 g/mol. The van der Waals surface area contributed by atoms with Crippen LogP contribution in [0.2, 0.25) is 0 Å². The predicted octanol–water partition coefficient (Wildman–Crippen LogP) is 4.89. The average molecular weight is 535 g/mol. The number of alkyl halides is 6. The van der Waals surface area contributed by atoms with Crippen LogP contribution >= 0.6 is 0 Å². The van der Waals surface area contributed by atoms with E-state index in [9.17, 15) is 43.2 Å². The van der Waals surface area contributed by atoms with Gasteiger partial charge in [0.25, 0.3) is 0 Å². The van der Waals surface area contributed by atoms with E-state index in [1.165, 1.54) is 90.3 Å². The SMILES string of the molecule is CCCCCCCCCCCC[NH+]1CCC(C)C1.O=S(=O)([N-]S(=O)(=O)C(F)(F)F)C(F)(F)F. The second-order valence-electron chi connectivity index (χ2n) is 8.45. The predicted molar refractivity (Wildman–Crippen MR) is 114 cm³/mol. The average Bonchev–Trinajstić information content (AvgIpc) is 3.06. The molecule has 200 valence electrons. The summed E-state index contributed by atoms with van der Waals surface area (Å²) in [7, 11) is -13.4. The van der Waals surface area contributed by atoms with Gasteiger partial charge in [0.05, 0.1) is 19.6 Å². The molecular weight excluding hydrogens is 498 g/mol. The molecule has 1 fully saturated rings. The standard InChI is InChI=1S/C17H35N.C2F6NO4S2/c1-3-4-5-6-7-8-9-10-11-12-14-18-15-13-17(2)16-18;3-1(4,5)14(10,11)9-15(12,13)2(6,7)8/h17H,3-16H2,1-2H3;/q;-1/p+1.